The highest BCUT2D eigenvalue weighted by molar-refractivity contribution is 5.93. The molecule has 1 atom stereocenters. The van der Waals surface area contributed by atoms with Crippen LogP contribution in [0, 0.1) is 11.8 Å². The summed E-state index contributed by atoms with van der Waals surface area (Å²) in [6.07, 6.45) is 3.28. The number of amides is 3. The Hall–Kier alpha value is -2.41. The monoisotopic (exact) mass is 386 g/mol. The molecule has 1 aromatic carbocycles. The maximum absolute atomic E-state index is 12.6. The first-order valence-corrected chi connectivity index (χ1v) is 10.1. The number of benzene rings is 1. The normalized spacial score (nSPS) is 21.3. The molecular formula is C21H30N4O3. The third kappa shape index (κ3) is 5.32. The van der Waals surface area contributed by atoms with Crippen LogP contribution in [0.5, 0.6) is 0 Å². The summed E-state index contributed by atoms with van der Waals surface area (Å²) in [5.41, 5.74) is 7.31. The molecule has 0 radical (unpaired) electrons. The van der Waals surface area contributed by atoms with Gasteiger partial charge in [0.1, 0.15) is 0 Å². The van der Waals surface area contributed by atoms with Crippen LogP contribution in [0.2, 0.25) is 0 Å². The van der Waals surface area contributed by atoms with E-state index < -0.39 is 0 Å². The number of carbonyl (C=O) groups is 3. The third-order valence-electron chi connectivity index (χ3n) is 5.83. The van der Waals surface area contributed by atoms with Gasteiger partial charge < -0.3 is 16.0 Å². The van der Waals surface area contributed by atoms with Crippen molar-refractivity contribution in [2.75, 3.05) is 31.5 Å². The van der Waals surface area contributed by atoms with Crippen LogP contribution in [0.4, 0.5) is 5.69 Å². The Balaban J connectivity index is 1.54. The van der Waals surface area contributed by atoms with Crippen molar-refractivity contribution in [3.63, 3.8) is 0 Å². The zero-order valence-electron chi connectivity index (χ0n) is 16.5. The lowest BCUT2D eigenvalue weighted by Crippen LogP contribution is -2.42. The van der Waals surface area contributed by atoms with E-state index in [1.54, 1.807) is 11.8 Å². The highest BCUT2D eigenvalue weighted by Gasteiger charge is 2.27. The van der Waals surface area contributed by atoms with Gasteiger partial charge >= 0.3 is 0 Å². The molecular weight excluding hydrogens is 356 g/mol. The Morgan fingerprint density at radius 2 is 1.86 bits per heavy atom. The van der Waals surface area contributed by atoms with Crippen LogP contribution in [-0.2, 0) is 20.9 Å². The Kier molecular flexibility index (Phi) is 6.67. The van der Waals surface area contributed by atoms with Gasteiger partial charge in [0.05, 0.1) is 5.92 Å². The quantitative estimate of drug-likeness (QED) is 0.803. The van der Waals surface area contributed by atoms with Crippen LogP contribution in [0.15, 0.2) is 24.3 Å². The van der Waals surface area contributed by atoms with E-state index in [9.17, 15) is 14.4 Å². The Morgan fingerprint density at radius 1 is 1.11 bits per heavy atom. The highest BCUT2D eigenvalue weighted by Crippen LogP contribution is 2.22. The molecule has 3 N–H and O–H groups in total. The summed E-state index contributed by atoms with van der Waals surface area (Å²) in [6, 6.07) is 7.90. The number of likely N-dealkylation sites (tertiary alicyclic amines) is 2. The number of rotatable bonds is 5. The molecule has 3 rings (SSSR count). The van der Waals surface area contributed by atoms with Crippen LogP contribution in [0.25, 0.3) is 0 Å². The molecule has 1 aromatic rings. The van der Waals surface area contributed by atoms with Gasteiger partial charge in [-0.05, 0) is 56.5 Å². The van der Waals surface area contributed by atoms with Crippen molar-refractivity contribution >= 4 is 23.4 Å². The number of nitrogens with two attached hydrogens (primary N) is 1. The van der Waals surface area contributed by atoms with Gasteiger partial charge in [-0.1, -0.05) is 12.1 Å². The number of nitrogens with one attached hydrogen (secondary N) is 1. The van der Waals surface area contributed by atoms with E-state index in [1.807, 2.05) is 24.3 Å². The Morgan fingerprint density at radius 3 is 2.54 bits per heavy atom. The number of piperidine rings is 2. The number of primary amides is 1. The highest BCUT2D eigenvalue weighted by atomic mass is 16.2. The smallest absolute Gasteiger partial charge is 0.229 e. The summed E-state index contributed by atoms with van der Waals surface area (Å²) in [5, 5.41) is 3.01. The van der Waals surface area contributed by atoms with E-state index in [2.05, 4.69) is 10.2 Å². The van der Waals surface area contributed by atoms with Crippen molar-refractivity contribution in [2.45, 2.75) is 39.2 Å². The van der Waals surface area contributed by atoms with Crippen LogP contribution in [0.3, 0.4) is 0 Å². The van der Waals surface area contributed by atoms with Crippen molar-refractivity contribution in [3.8, 4) is 0 Å². The average Bonchev–Trinajstić information content (AvgIpc) is 2.68. The molecule has 0 aliphatic carbocycles. The van der Waals surface area contributed by atoms with Crippen molar-refractivity contribution in [2.24, 2.45) is 17.6 Å². The van der Waals surface area contributed by atoms with Gasteiger partial charge in [0.15, 0.2) is 0 Å². The maximum Gasteiger partial charge on any atom is 0.229 e. The maximum atomic E-state index is 12.6. The SMILES string of the molecule is CC(=O)N1CCCC(C(=O)Nc2cccc(CN3CCC(C(N)=O)CC3)c2)C1. The average molecular weight is 386 g/mol. The molecule has 2 aliphatic rings. The fraction of sp³-hybridized carbons (Fsp3) is 0.571. The van der Waals surface area contributed by atoms with E-state index >= 15 is 0 Å². The van der Waals surface area contributed by atoms with E-state index in [4.69, 9.17) is 5.73 Å². The topological polar surface area (TPSA) is 95.7 Å². The zero-order valence-corrected chi connectivity index (χ0v) is 16.5. The molecule has 3 amide bonds. The first kappa shape index (κ1) is 20.3. The lowest BCUT2D eigenvalue weighted by atomic mass is 9.96. The zero-order chi connectivity index (χ0) is 20.1. The van der Waals surface area contributed by atoms with Gasteiger partial charge in [-0.2, -0.15) is 0 Å². The minimum Gasteiger partial charge on any atom is -0.369 e. The first-order valence-electron chi connectivity index (χ1n) is 10.1. The van der Waals surface area contributed by atoms with Crippen molar-refractivity contribution in [1.82, 2.24) is 9.80 Å². The Labute approximate surface area is 166 Å². The summed E-state index contributed by atoms with van der Waals surface area (Å²) in [7, 11) is 0. The van der Waals surface area contributed by atoms with Crippen molar-refractivity contribution in [1.29, 1.82) is 0 Å². The second kappa shape index (κ2) is 9.19. The summed E-state index contributed by atoms with van der Waals surface area (Å²) >= 11 is 0. The molecule has 2 heterocycles. The van der Waals surface area contributed by atoms with Crippen LogP contribution in [0.1, 0.15) is 38.2 Å². The van der Waals surface area contributed by atoms with Gasteiger partial charge in [-0.25, -0.2) is 0 Å². The Bertz CT molecular complexity index is 728. The van der Waals surface area contributed by atoms with Crippen molar-refractivity contribution < 1.29 is 14.4 Å². The van der Waals surface area contributed by atoms with E-state index in [0.717, 1.165) is 63.1 Å². The summed E-state index contributed by atoms with van der Waals surface area (Å²) in [5.74, 6) is -0.360. The first-order chi connectivity index (χ1) is 13.4. The summed E-state index contributed by atoms with van der Waals surface area (Å²) < 4.78 is 0. The summed E-state index contributed by atoms with van der Waals surface area (Å²) in [6.45, 7) is 5.28. The van der Waals surface area contributed by atoms with E-state index in [0.29, 0.717) is 6.54 Å². The molecule has 2 aliphatic heterocycles. The molecule has 0 aromatic heterocycles. The van der Waals surface area contributed by atoms with Crippen molar-refractivity contribution in [3.05, 3.63) is 29.8 Å². The molecule has 0 spiro atoms. The van der Waals surface area contributed by atoms with Crippen LogP contribution >= 0.6 is 0 Å². The molecule has 1 unspecified atom stereocenters. The molecule has 28 heavy (non-hydrogen) atoms. The number of carbonyl (C=O) groups excluding carboxylic acids is 3. The van der Waals surface area contributed by atoms with Gasteiger partial charge in [0.2, 0.25) is 17.7 Å². The second-order valence-corrected chi connectivity index (χ2v) is 7.95. The predicted molar refractivity (Wildman–Crippen MR) is 107 cm³/mol. The van der Waals surface area contributed by atoms with Gasteiger partial charge in [-0.15, -0.1) is 0 Å². The molecule has 2 fully saturated rings. The number of hydrogen-bond donors (Lipinski definition) is 2. The lowest BCUT2D eigenvalue weighted by Gasteiger charge is -2.31. The van der Waals surface area contributed by atoms with Gasteiger partial charge in [-0.3, -0.25) is 19.3 Å². The fourth-order valence-electron chi connectivity index (χ4n) is 4.10. The number of hydrogen-bond acceptors (Lipinski definition) is 4. The largest absolute Gasteiger partial charge is 0.369 e. The number of anilines is 1. The van der Waals surface area contributed by atoms with Crippen LogP contribution in [-0.4, -0.2) is 53.7 Å². The minimum absolute atomic E-state index is 0.00747. The van der Waals surface area contributed by atoms with Crippen LogP contribution < -0.4 is 11.1 Å². The van der Waals surface area contributed by atoms with E-state index in [-0.39, 0.29) is 29.6 Å². The molecule has 2 saturated heterocycles. The standard InChI is InChI=1S/C21H30N4O3/c1-15(26)25-9-3-5-18(14-25)21(28)23-19-6-2-4-16(12-19)13-24-10-7-17(8-11-24)20(22)27/h2,4,6,12,17-18H,3,5,7-11,13-14H2,1H3,(H2,22,27)(H,23,28). The van der Waals surface area contributed by atoms with E-state index in [1.165, 1.54) is 0 Å². The molecule has 0 saturated carbocycles. The lowest BCUT2D eigenvalue weighted by molar-refractivity contribution is -0.132. The van der Waals surface area contributed by atoms with Gasteiger partial charge in [0.25, 0.3) is 0 Å². The minimum atomic E-state index is -0.199. The second-order valence-electron chi connectivity index (χ2n) is 7.95. The predicted octanol–water partition coefficient (Wildman–Crippen LogP) is 1.58. The molecule has 152 valence electrons. The number of nitrogens with zero attached hydrogens (tertiary/aromatic N) is 2. The molecule has 7 nitrogen and oxygen atoms in total. The molecule has 7 heteroatoms. The molecule has 0 bridgehead atoms. The fourth-order valence-corrected chi connectivity index (χ4v) is 4.10. The summed E-state index contributed by atoms with van der Waals surface area (Å²) in [4.78, 5) is 39.6. The van der Waals surface area contributed by atoms with Gasteiger partial charge in [0, 0.05) is 38.2 Å². The third-order valence-corrected chi connectivity index (χ3v) is 5.83.